The van der Waals surface area contributed by atoms with Crippen LogP contribution < -0.4 is 10.6 Å². The van der Waals surface area contributed by atoms with Gasteiger partial charge in [-0.3, -0.25) is 4.79 Å². The third-order valence-corrected chi connectivity index (χ3v) is 3.17. The summed E-state index contributed by atoms with van der Waals surface area (Å²) < 4.78 is 1.00. The molecule has 0 aromatic heterocycles. The average Bonchev–Trinajstić information content (AvgIpc) is 2.38. The minimum absolute atomic E-state index is 0.120. The molecule has 0 spiro atoms. The van der Waals surface area contributed by atoms with Crippen molar-refractivity contribution in [2.45, 2.75) is 0 Å². The molecule has 0 heterocycles. The van der Waals surface area contributed by atoms with Crippen molar-refractivity contribution in [2.75, 3.05) is 17.2 Å². The summed E-state index contributed by atoms with van der Waals surface area (Å²) >= 11 is 9.20. The molecular formula is C14H12BrClN2O. The predicted octanol–water partition coefficient (Wildman–Crippen LogP) is 4.15. The molecule has 2 N–H and O–H groups in total. The third-order valence-electron chi connectivity index (χ3n) is 2.41. The molecule has 0 aliphatic rings. The van der Waals surface area contributed by atoms with Gasteiger partial charge in [-0.1, -0.05) is 33.6 Å². The summed E-state index contributed by atoms with van der Waals surface area (Å²) in [5.74, 6) is -0.120. The standard InChI is InChI=1S/C14H12BrClN2O/c15-10-4-6-12(7-5-10)17-9-14(19)18-13-3-1-2-11(16)8-13/h1-8,17H,9H2,(H,18,19). The van der Waals surface area contributed by atoms with Gasteiger partial charge in [-0.05, 0) is 42.5 Å². The molecule has 0 fully saturated rings. The van der Waals surface area contributed by atoms with E-state index in [0.29, 0.717) is 10.7 Å². The molecule has 2 rings (SSSR count). The molecule has 0 saturated carbocycles. The second-order valence-corrected chi connectivity index (χ2v) is 5.27. The number of benzene rings is 2. The fraction of sp³-hybridized carbons (Fsp3) is 0.0714. The van der Waals surface area contributed by atoms with Crippen LogP contribution in [0.2, 0.25) is 5.02 Å². The topological polar surface area (TPSA) is 41.1 Å². The average molecular weight is 340 g/mol. The summed E-state index contributed by atoms with van der Waals surface area (Å²) in [6.45, 7) is 0.203. The summed E-state index contributed by atoms with van der Waals surface area (Å²) in [4.78, 5) is 11.7. The van der Waals surface area contributed by atoms with E-state index in [1.54, 1.807) is 24.3 Å². The van der Waals surface area contributed by atoms with Crippen LogP contribution in [0.3, 0.4) is 0 Å². The van der Waals surface area contributed by atoms with E-state index in [1.807, 2.05) is 24.3 Å². The van der Waals surface area contributed by atoms with Gasteiger partial charge in [0.1, 0.15) is 0 Å². The van der Waals surface area contributed by atoms with Gasteiger partial charge in [-0.25, -0.2) is 0 Å². The molecule has 0 atom stereocenters. The maximum absolute atomic E-state index is 11.7. The van der Waals surface area contributed by atoms with Crippen molar-refractivity contribution in [1.29, 1.82) is 0 Å². The lowest BCUT2D eigenvalue weighted by Gasteiger charge is -2.08. The molecular weight excluding hydrogens is 328 g/mol. The van der Waals surface area contributed by atoms with Crippen molar-refractivity contribution in [2.24, 2.45) is 0 Å². The quantitative estimate of drug-likeness (QED) is 0.878. The predicted molar refractivity (Wildman–Crippen MR) is 82.7 cm³/mol. The Bertz CT molecular complexity index is 572. The lowest BCUT2D eigenvalue weighted by molar-refractivity contribution is -0.114. The first-order chi connectivity index (χ1) is 9.13. The van der Waals surface area contributed by atoms with Gasteiger partial charge in [0.2, 0.25) is 5.91 Å². The van der Waals surface area contributed by atoms with Crippen molar-refractivity contribution >= 4 is 44.8 Å². The van der Waals surface area contributed by atoms with Crippen LogP contribution in [0.1, 0.15) is 0 Å². The zero-order valence-corrected chi connectivity index (χ0v) is 12.3. The Labute approximate surface area is 125 Å². The number of hydrogen-bond donors (Lipinski definition) is 2. The highest BCUT2D eigenvalue weighted by atomic mass is 79.9. The minimum Gasteiger partial charge on any atom is -0.376 e. The van der Waals surface area contributed by atoms with Crippen LogP contribution in [0.25, 0.3) is 0 Å². The van der Waals surface area contributed by atoms with Crippen LogP contribution in [0.5, 0.6) is 0 Å². The molecule has 0 bridgehead atoms. The number of amides is 1. The SMILES string of the molecule is O=C(CNc1ccc(Br)cc1)Nc1cccc(Cl)c1. The van der Waals surface area contributed by atoms with Crippen molar-refractivity contribution < 1.29 is 4.79 Å². The van der Waals surface area contributed by atoms with E-state index in [4.69, 9.17) is 11.6 Å². The minimum atomic E-state index is -0.120. The molecule has 0 radical (unpaired) electrons. The fourth-order valence-electron chi connectivity index (χ4n) is 1.52. The van der Waals surface area contributed by atoms with E-state index >= 15 is 0 Å². The maximum Gasteiger partial charge on any atom is 0.243 e. The van der Waals surface area contributed by atoms with Crippen molar-refractivity contribution in [3.63, 3.8) is 0 Å². The Morgan fingerprint density at radius 1 is 1.11 bits per heavy atom. The van der Waals surface area contributed by atoms with Crippen molar-refractivity contribution in [1.82, 2.24) is 0 Å². The van der Waals surface area contributed by atoms with E-state index in [1.165, 1.54) is 0 Å². The first-order valence-electron chi connectivity index (χ1n) is 5.68. The van der Waals surface area contributed by atoms with E-state index in [2.05, 4.69) is 26.6 Å². The van der Waals surface area contributed by atoms with Crippen LogP contribution in [0.15, 0.2) is 53.0 Å². The molecule has 5 heteroatoms. The number of rotatable bonds is 4. The highest BCUT2D eigenvalue weighted by Gasteiger charge is 2.02. The second kappa shape index (κ2) is 6.59. The molecule has 1 amide bonds. The molecule has 19 heavy (non-hydrogen) atoms. The number of hydrogen-bond acceptors (Lipinski definition) is 2. The normalized spacial score (nSPS) is 10.0. The number of halogens is 2. The lowest BCUT2D eigenvalue weighted by Crippen LogP contribution is -2.21. The molecule has 2 aromatic carbocycles. The smallest absolute Gasteiger partial charge is 0.243 e. The van der Waals surface area contributed by atoms with Crippen molar-refractivity contribution in [3.8, 4) is 0 Å². The number of nitrogens with one attached hydrogen (secondary N) is 2. The summed E-state index contributed by atoms with van der Waals surface area (Å²) in [6.07, 6.45) is 0. The Hall–Kier alpha value is -1.52. The lowest BCUT2D eigenvalue weighted by atomic mass is 10.3. The Kier molecular flexibility index (Phi) is 4.82. The Morgan fingerprint density at radius 3 is 2.53 bits per heavy atom. The maximum atomic E-state index is 11.7. The molecule has 98 valence electrons. The first kappa shape index (κ1) is 13.9. The van der Waals surface area contributed by atoms with Gasteiger partial charge in [-0.2, -0.15) is 0 Å². The van der Waals surface area contributed by atoms with Crippen LogP contribution >= 0.6 is 27.5 Å². The summed E-state index contributed by atoms with van der Waals surface area (Å²) in [5.41, 5.74) is 1.58. The van der Waals surface area contributed by atoms with Gasteiger partial charge in [0.05, 0.1) is 6.54 Å². The molecule has 0 unspecified atom stereocenters. The van der Waals surface area contributed by atoms with E-state index in [-0.39, 0.29) is 12.5 Å². The van der Waals surface area contributed by atoms with Crippen LogP contribution in [-0.2, 0) is 4.79 Å². The molecule has 0 aliphatic carbocycles. The highest BCUT2D eigenvalue weighted by Crippen LogP contribution is 2.15. The zero-order valence-electron chi connectivity index (χ0n) is 9.99. The number of anilines is 2. The van der Waals surface area contributed by atoms with E-state index in [0.717, 1.165) is 10.2 Å². The van der Waals surface area contributed by atoms with Gasteiger partial charge in [0, 0.05) is 20.9 Å². The second-order valence-electron chi connectivity index (χ2n) is 3.92. The first-order valence-corrected chi connectivity index (χ1v) is 6.85. The molecule has 2 aromatic rings. The molecule has 0 saturated heterocycles. The van der Waals surface area contributed by atoms with Crippen LogP contribution in [-0.4, -0.2) is 12.5 Å². The molecule has 3 nitrogen and oxygen atoms in total. The molecule has 0 aliphatic heterocycles. The van der Waals surface area contributed by atoms with Gasteiger partial charge in [-0.15, -0.1) is 0 Å². The Morgan fingerprint density at radius 2 is 1.84 bits per heavy atom. The number of carbonyl (C=O) groups excluding carboxylic acids is 1. The van der Waals surface area contributed by atoms with E-state index in [9.17, 15) is 4.79 Å². The van der Waals surface area contributed by atoms with Crippen molar-refractivity contribution in [3.05, 3.63) is 58.0 Å². The van der Waals surface area contributed by atoms with Gasteiger partial charge in [0.15, 0.2) is 0 Å². The summed E-state index contributed by atoms with van der Waals surface area (Å²) in [6, 6.07) is 14.7. The van der Waals surface area contributed by atoms with Gasteiger partial charge >= 0.3 is 0 Å². The van der Waals surface area contributed by atoms with Crippen LogP contribution in [0, 0.1) is 0 Å². The fourth-order valence-corrected chi connectivity index (χ4v) is 1.98. The monoisotopic (exact) mass is 338 g/mol. The van der Waals surface area contributed by atoms with Gasteiger partial charge in [0.25, 0.3) is 0 Å². The Balaban J connectivity index is 1.86. The summed E-state index contributed by atoms with van der Waals surface area (Å²) in [5, 5.41) is 6.41. The number of carbonyl (C=O) groups is 1. The third kappa shape index (κ3) is 4.58. The summed E-state index contributed by atoms with van der Waals surface area (Å²) in [7, 11) is 0. The largest absolute Gasteiger partial charge is 0.376 e. The van der Waals surface area contributed by atoms with Crippen LogP contribution in [0.4, 0.5) is 11.4 Å². The zero-order chi connectivity index (χ0) is 13.7. The van der Waals surface area contributed by atoms with Gasteiger partial charge < -0.3 is 10.6 Å². The highest BCUT2D eigenvalue weighted by molar-refractivity contribution is 9.10. The van der Waals surface area contributed by atoms with E-state index < -0.39 is 0 Å².